The lowest BCUT2D eigenvalue weighted by Gasteiger charge is -2.13. The van der Waals surface area contributed by atoms with Crippen LogP contribution in [0.15, 0.2) is 46.9 Å². The first-order valence-electron chi connectivity index (χ1n) is 9.18. The van der Waals surface area contributed by atoms with Crippen molar-refractivity contribution < 1.29 is 23.8 Å². The van der Waals surface area contributed by atoms with Crippen LogP contribution >= 0.6 is 11.3 Å². The minimum absolute atomic E-state index is 0.0111. The Balaban J connectivity index is 1.58. The summed E-state index contributed by atoms with van der Waals surface area (Å²) in [4.78, 5) is 24.6. The molecule has 0 aliphatic carbocycles. The fourth-order valence-corrected chi connectivity index (χ4v) is 3.85. The molecule has 7 nitrogen and oxygen atoms in total. The van der Waals surface area contributed by atoms with E-state index in [1.54, 1.807) is 29.7 Å². The number of carbonyl (C=O) groups excluding carboxylic acids is 2. The summed E-state index contributed by atoms with van der Waals surface area (Å²) in [6.07, 6.45) is 1.65. The van der Waals surface area contributed by atoms with Crippen molar-refractivity contribution in [1.82, 2.24) is 5.43 Å². The lowest BCUT2D eigenvalue weighted by molar-refractivity contribution is -0.121. The predicted octanol–water partition coefficient (Wildman–Crippen LogP) is 4.04. The molecule has 1 heterocycles. The minimum Gasteiger partial charge on any atom is -0.493 e. The monoisotopic (exact) mass is 426 g/mol. The van der Waals surface area contributed by atoms with Gasteiger partial charge in [-0.15, -0.1) is 11.3 Å². The van der Waals surface area contributed by atoms with Crippen LogP contribution in [0.3, 0.4) is 0 Å². The number of nitrogens with one attached hydrogen (secondary N) is 1. The average Bonchev–Trinajstić information content (AvgIpc) is 3.19. The third-order valence-corrected chi connectivity index (χ3v) is 5.45. The third-order valence-electron chi connectivity index (χ3n) is 4.47. The molecule has 0 saturated carbocycles. The number of thiophene rings is 1. The van der Waals surface area contributed by atoms with E-state index in [4.69, 9.17) is 14.2 Å². The number of amides is 1. The Morgan fingerprint density at radius 2 is 1.73 bits per heavy atom. The number of benzene rings is 2. The highest BCUT2D eigenvalue weighted by molar-refractivity contribution is 7.17. The van der Waals surface area contributed by atoms with E-state index in [-0.39, 0.29) is 24.5 Å². The van der Waals surface area contributed by atoms with E-state index in [1.807, 2.05) is 29.6 Å². The minimum atomic E-state index is -0.341. The van der Waals surface area contributed by atoms with Crippen LogP contribution in [0, 0.1) is 0 Å². The highest BCUT2D eigenvalue weighted by Crippen LogP contribution is 2.38. The van der Waals surface area contributed by atoms with Gasteiger partial charge in [-0.05, 0) is 18.2 Å². The van der Waals surface area contributed by atoms with Crippen molar-refractivity contribution in [3.63, 3.8) is 0 Å². The van der Waals surface area contributed by atoms with Crippen molar-refractivity contribution in [3.05, 3.63) is 52.9 Å². The molecule has 3 rings (SSSR count). The first kappa shape index (κ1) is 21.3. The van der Waals surface area contributed by atoms with Gasteiger partial charge in [0.1, 0.15) is 0 Å². The molecule has 156 valence electrons. The molecule has 1 aromatic heterocycles. The summed E-state index contributed by atoms with van der Waals surface area (Å²) < 4.78 is 16.9. The topological polar surface area (TPSA) is 86.2 Å². The molecule has 1 N–H and O–H groups in total. The third kappa shape index (κ3) is 4.77. The van der Waals surface area contributed by atoms with E-state index >= 15 is 0 Å². The van der Waals surface area contributed by atoms with E-state index < -0.39 is 0 Å². The molecule has 2 aromatic carbocycles. The number of hydrazone groups is 1. The number of rotatable bonds is 9. The van der Waals surface area contributed by atoms with E-state index in [1.165, 1.54) is 21.3 Å². The van der Waals surface area contributed by atoms with Gasteiger partial charge in [-0.3, -0.25) is 9.59 Å². The molecule has 0 saturated heterocycles. The first-order chi connectivity index (χ1) is 14.6. The average molecular weight is 426 g/mol. The molecule has 3 aromatic rings. The van der Waals surface area contributed by atoms with Crippen molar-refractivity contribution in [2.24, 2.45) is 5.10 Å². The second-order valence-corrected chi connectivity index (χ2v) is 7.23. The number of carbonyl (C=O) groups is 2. The summed E-state index contributed by atoms with van der Waals surface area (Å²) in [5.74, 6) is 0.628. The largest absolute Gasteiger partial charge is 0.493 e. The quantitative estimate of drug-likeness (QED) is 0.317. The molecule has 0 bridgehead atoms. The number of hydrogen-bond donors (Lipinski definition) is 1. The van der Waals surface area contributed by atoms with Gasteiger partial charge in [-0.1, -0.05) is 18.2 Å². The molecule has 0 atom stereocenters. The van der Waals surface area contributed by atoms with E-state index in [0.29, 0.717) is 22.8 Å². The predicted molar refractivity (Wildman–Crippen MR) is 117 cm³/mol. The molecule has 0 spiro atoms. The number of ketones is 1. The standard InChI is InChI=1S/C22H22N2O5S/c1-27-18-10-14(11-19(28-2)22(18)29-3)17(25)8-9-21(26)24-23-12-15-13-30-20-7-5-4-6-16(15)20/h4-7,10-13H,8-9H2,1-3H3,(H,24,26)/b23-12+. The Hall–Kier alpha value is -3.39. The SMILES string of the molecule is COc1cc(C(=O)CCC(=O)N/N=C/c2csc3ccccc23)cc(OC)c1OC. The fourth-order valence-electron chi connectivity index (χ4n) is 2.94. The normalized spacial score (nSPS) is 10.9. The summed E-state index contributed by atoms with van der Waals surface area (Å²) >= 11 is 1.62. The van der Waals surface area contributed by atoms with Gasteiger partial charge in [0.25, 0.3) is 0 Å². The Morgan fingerprint density at radius 3 is 2.40 bits per heavy atom. The fraction of sp³-hybridized carbons (Fsp3) is 0.227. The van der Waals surface area contributed by atoms with Crippen molar-refractivity contribution in [3.8, 4) is 17.2 Å². The maximum absolute atomic E-state index is 12.5. The molecule has 0 unspecified atom stereocenters. The van der Waals surface area contributed by atoms with Crippen molar-refractivity contribution in [2.75, 3.05) is 21.3 Å². The maximum atomic E-state index is 12.5. The van der Waals surface area contributed by atoms with Crippen LogP contribution in [-0.4, -0.2) is 39.2 Å². The van der Waals surface area contributed by atoms with Crippen LogP contribution in [0.1, 0.15) is 28.8 Å². The van der Waals surface area contributed by atoms with Crippen LogP contribution in [0.5, 0.6) is 17.2 Å². The number of ether oxygens (including phenoxy) is 3. The number of Topliss-reactive ketones (excluding diaryl/α,β-unsaturated/α-hetero) is 1. The molecule has 0 radical (unpaired) electrons. The van der Waals surface area contributed by atoms with E-state index in [0.717, 1.165) is 15.6 Å². The Bertz CT molecular complexity index is 1070. The Kier molecular flexibility index (Phi) is 7.03. The van der Waals surface area contributed by atoms with Gasteiger partial charge in [-0.25, -0.2) is 5.43 Å². The van der Waals surface area contributed by atoms with Gasteiger partial charge >= 0.3 is 0 Å². The summed E-state index contributed by atoms with van der Waals surface area (Å²) in [6, 6.07) is 11.1. The van der Waals surface area contributed by atoms with Crippen LogP contribution in [0.4, 0.5) is 0 Å². The van der Waals surface area contributed by atoms with Crippen LogP contribution in [0.2, 0.25) is 0 Å². The van der Waals surface area contributed by atoms with Crippen molar-refractivity contribution in [1.29, 1.82) is 0 Å². The van der Waals surface area contributed by atoms with Gasteiger partial charge in [0.05, 0.1) is 27.5 Å². The van der Waals surface area contributed by atoms with Crippen LogP contribution in [0.25, 0.3) is 10.1 Å². The number of fused-ring (bicyclic) bond motifs is 1. The maximum Gasteiger partial charge on any atom is 0.240 e. The highest BCUT2D eigenvalue weighted by atomic mass is 32.1. The molecular formula is C22H22N2O5S. The van der Waals surface area contributed by atoms with Gasteiger partial charge in [-0.2, -0.15) is 5.10 Å². The number of hydrogen-bond acceptors (Lipinski definition) is 7. The zero-order valence-electron chi connectivity index (χ0n) is 16.9. The van der Waals surface area contributed by atoms with E-state index in [9.17, 15) is 9.59 Å². The van der Waals surface area contributed by atoms with Crippen LogP contribution in [-0.2, 0) is 4.79 Å². The summed E-state index contributed by atoms with van der Waals surface area (Å²) in [5, 5.41) is 7.07. The molecule has 30 heavy (non-hydrogen) atoms. The number of methoxy groups -OCH3 is 3. The Labute approximate surface area is 178 Å². The molecule has 0 aliphatic rings. The van der Waals surface area contributed by atoms with Gasteiger partial charge in [0, 0.05) is 39.4 Å². The Morgan fingerprint density at radius 1 is 1.03 bits per heavy atom. The van der Waals surface area contributed by atoms with Gasteiger partial charge in [0.15, 0.2) is 17.3 Å². The molecule has 0 fully saturated rings. The van der Waals surface area contributed by atoms with Crippen molar-refractivity contribution >= 4 is 39.3 Å². The molecule has 8 heteroatoms. The second-order valence-electron chi connectivity index (χ2n) is 6.32. The molecular weight excluding hydrogens is 404 g/mol. The van der Waals surface area contributed by atoms with Gasteiger partial charge < -0.3 is 14.2 Å². The summed E-state index contributed by atoms with van der Waals surface area (Å²) in [7, 11) is 4.45. The van der Waals surface area contributed by atoms with Gasteiger partial charge in [0.2, 0.25) is 11.7 Å². The smallest absolute Gasteiger partial charge is 0.240 e. The lowest BCUT2D eigenvalue weighted by atomic mass is 10.1. The first-order valence-corrected chi connectivity index (χ1v) is 10.1. The van der Waals surface area contributed by atoms with Crippen molar-refractivity contribution in [2.45, 2.75) is 12.8 Å². The van der Waals surface area contributed by atoms with Crippen LogP contribution < -0.4 is 19.6 Å². The molecule has 0 aliphatic heterocycles. The number of nitrogens with zero attached hydrogens (tertiary/aromatic N) is 1. The lowest BCUT2D eigenvalue weighted by Crippen LogP contribution is -2.18. The summed E-state index contributed by atoms with van der Waals surface area (Å²) in [6.45, 7) is 0. The second kappa shape index (κ2) is 9.89. The van der Waals surface area contributed by atoms with E-state index in [2.05, 4.69) is 10.5 Å². The molecule has 1 amide bonds. The zero-order valence-corrected chi connectivity index (χ0v) is 17.7. The summed E-state index contributed by atoms with van der Waals surface area (Å²) in [5.41, 5.74) is 3.78. The zero-order chi connectivity index (χ0) is 21.5. The highest BCUT2D eigenvalue weighted by Gasteiger charge is 2.17.